The van der Waals surface area contributed by atoms with Crippen molar-refractivity contribution in [3.63, 3.8) is 0 Å². The molecule has 3 rings (SSSR count). The van der Waals surface area contributed by atoms with E-state index >= 15 is 0 Å². The van der Waals surface area contributed by atoms with Gasteiger partial charge in [-0.1, -0.05) is 18.2 Å². The topological polar surface area (TPSA) is 45.8 Å². The van der Waals surface area contributed by atoms with E-state index in [-0.39, 0.29) is 11.1 Å². The molecule has 1 aliphatic carbocycles. The molecule has 19 heavy (non-hydrogen) atoms. The molecule has 0 bridgehead atoms. The Kier molecular flexibility index (Phi) is 2.89. The van der Waals surface area contributed by atoms with E-state index in [2.05, 4.69) is 9.97 Å². The van der Waals surface area contributed by atoms with E-state index in [0.717, 1.165) is 18.5 Å². The Labute approximate surface area is 108 Å². The first-order valence-electron chi connectivity index (χ1n) is 6.13. The molecule has 1 aromatic carbocycles. The molecule has 3 nitrogen and oxygen atoms in total. The molecule has 0 spiro atoms. The number of aromatic nitrogens is 2. The fraction of sp³-hybridized carbons (Fsp3) is 0.286. The lowest BCUT2D eigenvalue weighted by atomic mass is 10.1. The summed E-state index contributed by atoms with van der Waals surface area (Å²) in [6.07, 6.45) is -0.460. The van der Waals surface area contributed by atoms with Gasteiger partial charge < -0.3 is 4.98 Å². The summed E-state index contributed by atoms with van der Waals surface area (Å²) in [5, 5.41) is 0. The monoisotopic (exact) mass is 262 g/mol. The highest BCUT2D eigenvalue weighted by Gasteiger charge is 2.26. The Hall–Kier alpha value is -2.04. The van der Waals surface area contributed by atoms with Crippen molar-refractivity contribution in [2.45, 2.75) is 25.2 Å². The molecule has 0 saturated heterocycles. The van der Waals surface area contributed by atoms with Crippen LogP contribution in [-0.4, -0.2) is 9.97 Å². The first kappa shape index (κ1) is 12.0. The van der Waals surface area contributed by atoms with Gasteiger partial charge in [0.1, 0.15) is 5.82 Å². The molecular weight excluding hydrogens is 250 g/mol. The van der Waals surface area contributed by atoms with Gasteiger partial charge in [0, 0.05) is 23.1 Å². The number of nitrogens with zero attached hydrogens (tertiary/aromatic N) is 1. The number of rotatable bonds is 3. The van der Waals surface area contributed by atoms with Gasteiger partial charge in [-0.15, -0.1) is 0 Å². The maximum atomic E-state index is 12.7. The van der Waals surface area contributed by atoms with Crippen LogP contribution >= 0.6 is 0 Å². The molecule has 0 unspecified atom stereocenters. The molecule has 1 N–H and O–H groups in total. The van der Waals surface area contributed by atoms with Gasteiger partial charge in [0.15, 0.2) is 0 Å². The lowest BCUT2D eigenvalue weighted by molar-refractivity contribution is 0.151. The summed E-state index contributed by atoms with van der Waals surface area (Å²) in [7, 11) is 0. The van der Waals surface area contributed by atoms with Crippen LogP contribution in [0.5, 0.6) is 0 Å². The highest BCUT2D eigenvalue weighted by molar-refractivity contribution is 5.56. The van der Waals surface area contributed by atoms with E-state index in [1.54, 1.807) is 12.1 Å². The summed E-state index contributed by atoms with van der Waals surface area (Å²) in [6.45, 7) is 0. The van der Waals surface area contributed by atoms with E-state index in [1.165, 1.54) is 18.2 Å². The summed E-state index contributed by atoms with van der Waals surface area (Å²) in [5.74, 6) is 0.705. The van der Waals surface area contributed by atoms with Gasteiger partial charge in [0.25, 0.3) is 12.0 Å². The molecule has 5 heteroatoms. The van der Waals surface area contributed by atoms with E-state index < -0.39 is 6.43 Å². The summed E-state index contributed by atoms with van der Waals surface area (Å²) in [4.78, 5) is 18.6. The molecule has 1 aromatic heterocycles. The first-order valence-corrected chi connectivity index (χ1v) is 6.13. The molecule has 1 saturated carbocycles. The highest BCUT2D eigenvalue weighted by Crippen LogP contribution is 2.38. The Bertz CT molecular complexity index is 662. The van der Waals surface area contributed by atoms with Gasteiger partial charge in [0.2, 0.25) is 0 Å². The van der Waals surface area contributed by atoms with Gasteiger partial charge in [-0.05, 0) is 18.9 Å². The van der Waals surface area contributed by atoms with Crippen molar-refractivity contribution in [3.8, 4) is 11.4 Å². The second kappa shape index (κ2) is 4.57. The van der Waals surface area contributed by atoms with Crippen molar-refractivity contribution in [2.24, 2.45) is 0 Å². The van der Waals surface area contributed by atoms with Crippen molar-refractivity contribution in [1.82, 2.24) is 9.97 Å². The van der Waals surface area contributed by atoms with Gasteiger partial charge >= 0.3 is 0 Å². The van der Waals surface area contributed by atoms with Crippen LogP contribution < -0.4 is 5.56 Å². The Morgan fingerprint density at radius 2 is 2.05 bits per heavy atom. The standard InChI is InChI=1S/C14H12F2N2O/c15-13(16)9-2-1-3-10(6-9)14-17-11(8-4-5-8)7-12(19)18-14/h1-3,6-8,13H,4-5H2,(H,17,18,19). The minimum atomic E-state index is -2.53. The molecule has 2 aromatic rings. The lowest BCUT2D eigenvalue weighted by Crippen LogP contribution is -2.10. The summed E-state index contributed by atoms with van der Waals surface area (Å²) >= 11 is 0. The van der Waals surface area contributed by atoms with Crippen molar-refractivity contribution < 1.29 is 8.78 Å². The van der Waals surface area contributed by atoms with Gasteiger partial charge in [-0.3, -0.25) is 4.79 Å². The van der Waals surface area contributed by atoms with E-state index in [1.807, 2.05) is 0 Å². The number of halogens is 2. The SMILES string of the molecule is O=c1cc(C2CC2)nc(-c2cccc(C(F)F)c2)[nH]1. The zero-order chi connectivity index (χ0) is 13.4. The molecule has 0 amide bonds. The normalized spacial score (nSPS) is 14.9. The van der Waals surface area contributed by atoms with Crippen molar-refractivity contribution in [1.29, 1.82) is 0 Å². The zero-order valence-electron chi connectivity index (χ0n) is 10.1. The lowest BCUT2D eigenvalue weighted by Gasteiger charge is -2.05. The summed E-state index contributed by atoms with van der Waals surface area (Å²) in [5.41, 5.74) is 0.949. The molecule has 98 valence electrons. The fourth-order valence-electron chi connectivity index (χ4n) is 2.02. The molecule has 0 aliphatic heterocycles. The van der Waals surface area contributed by atoms with Crippen LogP contribution in [0, 0.1) is 0 Å². The number of hydrogen-bond donors (Lipinski definition) is 1. The van der Waals surface area contributed by atoms with E-state index in [0.29, 0.717) is 17.3 Å². The van der Waals surface area contributed by atoms with E-state index in [9.17, 15) is 13.6 Å². The highest BCUT2D eigenvalue weighted by atomic mass is 19.3. The molecule has 1 aliphatic rings. The van der Waals surface area contributed by atoms with Crippen LogP contribution in [0.2, 0.25) is 0 Å². The largest absolute Gasteiger partial charge is 0.307 e. The number of alkyl halides is 2. The average Bonchev–Trinajstić information content (AvgIpc) is 3.22. The fourth-order valence-corrected chi connectivity index (χ4v) is 2.02. The Balaban J connectivity index is 2.05. The first-order chi connectivity index (χ1) is 9.13. The number of nitrogens with one attached hydrogen (secondary N) is 1. The minimum Gasteiger partial charge on any atom is -0.307 e. The second-order valence-corrected chi connectivity index (χ2v) is 4.72. The molecule has 1 fully saturated rings. The third kappa shape index (κ3) is 2.54. The number of benzene rings is 1. The van der Waals surface area contributed by atoms with Crippen LogP contribution in [-0.2, 0) is 0 Å². The van der Waals surface area contributed by atoms with Crippen LogP contribution in [0.15, 0.2) is 35.1 Å². The smallest absolute Gasteiger partial charge is 0.263 e. The van der Waals surface area contributed by atoms with E-state index in [4.69, 9.17) is 0 Å². The maximum absolute atomic E-state index is 12.7. The van der Waals surface area contributed by atoms with Crippen LogP contribution in [0.3, 0.4) is 0 Å². The van der Waals surface area contributed by atoms with Crippen molar-refractivity contribution >= 4 is 0 Å². The number of hydrogen-bond acceptors (Lipinski definition) is 2. The zero-order valence-corrected chi connectivity index (χ0v) is 10.1. The third-order valence-electron chi connectivity index (χ3n) is 3.17. The predicted molar refractivity (Wildman–Crippen MR) is 67.2 cm³/mol. The summed E-state index contributed by atoms with van der Waals surface area (Å²) in [6, 6.07) is 7.41. The number of H-pyrrole nitrogens is 1. The molecule has 1 heterocycles. The minimum absolute atomic E-state index is 0.0722. The predicted octanol–water partition coefficient (Wildman–Crippen LogP) is 3.25. The maximum Gasteiger partial charge on any atom is 0.263 e. The van der Waals surface area contributed by atoms with Crippen LogP contribution in [0.4, 0.5) is 8.78 Å². The Morgan fingerprint density at radius 1 is 1.26 bits per heavy atom. The second-order valence-electron chi connectivity index (χ2n) is 4.72. The average molecular weight is 262 g/mol. The number of aromatic amines is 1. The molecule has 0 atom stereocenters. The summed E-state index contributed by atoms with van der Waals surface area (Å²) < 4.78 is 25.3. The molecular formula is C14H12F2N2O. The van der Waals surface area contributed by atoms with Crippen molar-refractivity contribution in [2.75, 3.05) is 0 Å². The third-order valence-corrected chi connectivity index (χ3v) is 3.17. The molecule has 0 radical (unpaired) electrons. The quantitative estimate of drug-likeness (QED) is 0.922. The van der Waals surface area contributed by atoms with Crippen LogP contribution in [0.25, 0.3) is 11.4 Å². The van der Waals surface area contributed by atoms with Crippen LogP contribution in [0.1, 0.15) is 36.4 Å². The van der Waals surface area contributed by atoms with Gasteiger partial charge in [-0.2, -0.15) is 0 Å². The van der Waals surface area contributed by atoms with Crippen molar-refractivity contribution in [3.05, 3.63) is 51.9 Å². The van der Waals surface area contributed by atoms with Gasteiger partial charge in [-0.25, -0.2) is 13.8 Å². The Morgan fingerprint density at radius 3 is 2.74 bits per heavy atom. The van der Waals surface area contributed by atoms with Gasteiger partial charge in [0.05, 0.1) is 5.69 Å².